The third kappa shape index (κ3) is 6.33. The molecular formula is C28H41N7O6. The van der Waals surface area contributed by atoms with Crippen LogP contribution >= 0.6 is 0 Å². The molecule has 0 bridgehead atoms. The van der Waals surface area contributed by atoms with Gasteiger partial charge in [0.15, 0.2) is 17.9 Å². The number of urea groups is 1. The molecule has 41 heavy (non-hydrogen) atoms. The summed E-state index contributed by atoms with van der Waals surface area (Å²) in [4.78, 5) is 61.2. The number of nitrogens with zero attached hydrogens (tertiary/aromatic N) is 5. The second-order valence-electron chi connectivity index (χ2n) is 11.8. The van der Waals surface area contributed by atoms with E-state index in [0.29, 0.717) is 50.8 Å². The Bertz CT molecular complexity index is 1160. The molecule has 0 radical (unpaired) electrons. The number of carboxylic acids is 1. The molecule has 1 aliphatic carbocycles. The van der Waals surface area contributed by atoms with Crippen LogP contribution in [0.2, 0.25) is 0 Å². The summed E-state index contributed by atoms with van der Waals surface area (Å²) in [5.41, 5.74) is 5.61. The van der Waals surface area contributed by atoms with Gasteiger partial charge in [0.25, 0.3) is 0 Å². The molecule has 224 valence electrons. The highest BCUT2D eigenvalue weighted by molar-refractivity contribution is 6.07. The maximum atomic E-state index is 13.2. The Morgan fingerprint density at radius 3 is 2.39 bits per heavy atom. The van der Waals surface area contributed by atoms with Crippen molar-refractivity contribution in [2.24, 2.45) is 17.6 Å². The number of carboxylic acid groups (broad SMARTS) is 1. The number of carbonyl (C=O) groups excluding carboxylic acids is 3. The molecule has 1 aromatic rings. The SMILES string of the molecule is N=C(N)N1CCCC(C[C@H]2C(=O)N(C(=O)N3CCN(C(=O)CCc4ncc(C5CCCCC5)o4)CC3)C2C(=O)O)C1. The Morgan fingerprint density at radius 1 is 1.00 bits per heavy atom. The molecule has 0 spiro atoms. The number of likely N-dealkylation sites (tertiary alicyclic amines) is 2. The van der Waals surface area contributed by atoms with Gasteiger partial charge < -0.3 is 30.0 Å². The van der Waals surface area contributed by atoms with E-state index in [2.05, 4.69) is 4.98 Å². The number of β-lactam (4-membered cyclic amide) rings is 1. The molecule has 2 unspecified atom stereocenters. The third-order valence-electron chi connectivity index (χ3n) is 9.15. The standard InChI is InChI=1S/C28H41N7O6/c29-27(30)34-10-4-5-18(17-34)15-20-24(26(38)39)35(25(20)37)28(40)33-13-11-32(12-14-33)23(36)9-8-22-31-16-21(41-22)19-6-2-1-3-7-19/h16,18-20,24H,1-15,17H2,(H3,29,30)(H,38,39)/t18?,20-,24?/m1/s1. The summed E-state index contributed by atoms with van der Waals surface area (Å²) < 4.78 is 5.93. The topological polar surface area (TPSA) is 177 Å². The lowest BCUT2D eigenvalue weighted by Crippen LogP contribution is -2.70. The van der Waals surface area contributed by atoms with Crippen LogP contribution in [0.3, 0.4) is 0 Å². The van der Waals surface area contributed by atoms with Crippen LogP contribution in [0.1, 0.15) is 75.4 Å². The minimum Gasteiger partial charge on any atom is -0.480 e. The molecule has 4 amide bonds. The van der Waals surface area contributed by atoms with Crippen molar-refractivity contribution in [3.8, 4) is 0 Å². The predicted octanol–water partition coefficient (Wildman–Crippen LogP) is 1.83. The Balaban J connectivity index is 1.09. The summed E-state index contributed by atoms with van der Waals surface area (Å²) in [5, 5.41) is 17.5. The molecule has 4 aliphatic rings. The summed E-state index contributed by atoms with van der Waals surface area (Å²) in [6.45, 7) is 2.27. The van der Waals surface area contributed by atoms with Crippen LogP contribution in [0.25, 0.3) is 0 Å². The number of hydrogen-bond donors (Lipinski definition) is 3. The van der Waals surface area contributed by atoms with Gasteiger partial charge in [-0.15, -0.1) is 0 Å². The summed E-state index contributed by atoms with van der Waals surface area (Å²) in [7, 11) is 0. The van der Waals surface area contributed by atoms with E-state index in [1.165, 1.54) is 24.2 Å². The number of rotatable bonds is 7. The fraction of sp³-hybridized carbons (Fsp3) is 0.714. The minimum absolute atomic E-state index is 0.0275. The van der Waals surface area contributed by atoms with Crippen molar-refractivity contribution >= 4 is 29.8 Å². The molecular weight excluding hydrogens is 530 g/mol. The van der Waals surface area contributed by atoms with Crippen LogP contribution in [0.15, 0.2) is 10.6 Å². The highest BCUT2D eigenvalue weighted by Gasteiger charge is 2.56. The molecule has 4 heterocycles. The van der Waals surface area contributed by atoms with Gasteiger partial charge in [0.1, 0.15) is 5.76 Å². The Labute approximate surface area is 239 Å². The number of oxazole rings is 1. The lowest BCUT2D eigenvalue weighted by molar-refractivity contribution is -0.167. The molecule has 1 saturated carbocycles. The van der Waals surface area contributed by atoms with Crippen molar-refractivity contribution in [1.29, 1.82) is 5.41 Å². The van der Waals surface area contributed by atoms with Gasteiger partial charge in [-0.25, -0.2) is 19.5 Å². The molecule has 5 rings (SSSR count). The molecule has 3 atom stereocenters. The second kappa shape index (κ2) is 12.5. The van der Waals surface area contributed by atoms with E-state index in [1.54, 1.807) is 16.0 Å². The fourth-order valence-corrected chi connectivity index (χ4v) is 6.80. The zero-order valence-corrected chi connectivity index (χ0v) is 23.5. The van der Waals surface area contributed by atoms with Crippen molar-refractivity contribution in [2.75, 3.05) is 39.3 Å². The van der Waals surface area contributed by atoms with Gasteiger partial charge in [0, 0.05) is 58.0 Å². The molecule has 4 fully saturated rings. The van der Waals surface area contributed by atoms with Crippen LogP contribution in [0.4, 0.5) is 4.79 Å². The molecule has 13 heteroatoms. The monoisotopic (exact) mass is 571 g/mol. The molecule has 1 aromatic heterocycles. The van der Waals surface area contributed by atoms with E-state index in [1.807, 2.05) is 0 Å². The van der Waals surface area contributed by atoms with Gasteiger partial charge in [-0.05, 0) is 38.0 Å². The smallest absolute Gasteiger partial charge is 0.327 e. The molecule has 4 N–H and O–H groups in total. The number of amides is 4. The Hall–Kier alpha value is -3.64. The van der Waals surface area contributed by atoms with Gasteiger partial charge in [0.2, 0.25) is 11.8 Å². The second-order valence-corrected chi connectivity index (χ2v) is 11.8. The summed E-state index contributed by atoms with van der Waals surface area (Å²) in [5.74, 6) is -0.585. The maximum Gasteiger partial charge on any atom is 0.327 e. The minimum atomic E-state index is -1.21. The lowest BCUT2D eigenvalue weighted by Gasteiger charge is -2.47. The number of aryl methyl sites for hydroxylation is 1. The van der Waals surface area contributed by atoms with Gasteiger partial charge >= 0.3 is 12.0 Å². The van der Waals surface area contributed by atoms with Crippen LogP contribution in [-0.4, -0.2) is 105 Å². The fourth-order valence-electron chi connectivity index (χ4n) is 6.80. The van der Waals surface area contributed by atoms with E-state index in [-0.39, 0.29) is 37.3 Å². The zero-order chi connectivity index (χ0) is 29.1. The number of guanidine groups is 1. The first-order valence-electron chi connectivity index (χ1n) is 14.9. The number of aliphatic carboxylic acids is 1. The van der Waals surface area contributed by atoms with E-state index >= 15 is 0 Å². The van der Waals surface area contributed by atoms with Gasteiger partial charge in [-0.2, -0.15) is 0 Å². The van der Waals surface area contributed by atoms with Crippen LogP contribution in [0, 0.1) is 17.2 Å². The highest BCUT2D eigenvalue weighted by atomic mass is 16.4. The first-order chi connectivity index (χ1) is 19.7. The number of carbonyl (C=O) groups is 4. The Kier molecular flexibility index (Phi) is 8.79. The average molecular weight is 572 g/mol. The number of hydrogen-bond acceptors (Lipinski definition) is 7. The predicted molar refractivity (Wildman–Crippen MR) is 147 cm³/mol. The lowest BCUT2D eigenvalue weighted by atomic mass is 9.78. The number of nitrogens with one attached hydrogen (secondary N) is 1. The molecule has 0 aromatic carbocycles. The van der Waals surface area contributed by atoms with E-state index in [4.69, 9.17) is 15.6 Å². The van der Waals surface area contributed by atoms with Crippen LogP contribution in [-0.2, 0) is 20.8 Å². The molecule has 3 saturated heterocycles. The van der Waals surface area contributed by atoms with Crippen LogP contribution < -0.4 is 5.73 Å². The number of imide groups is 1. The Morgan fingerprint density at radius 2 is 1.71 bits per heavy atom. The van der Waals surface area contributed by atoms with Crippen LogP contribution in [0.5, 0.6) is 0 Å². The zero-order valence-electron chi connectivity index (χ0n) is 23.5. The van der Waals surface area contributed by atoms with E-state index in [0.717, 1.165) is 36.3 Å². The summed E-state index contributed by atoms with van der Waals surface area (Å²) in [6.07, 6.45) is 10.4. The van der Waals surface area contributed by atoms with E-state index in [9.17, 15) is 24.3 Å². The van der Waals surface area contributed by atoms with Crippen molar-refractivity contribution in [3.63, 3.8) is 0 Å². The largest absolute Gasteiger partial charge is 0.480 e. The number of piperazine rings is 1. The van der Waals surface area contributed by atoms with Gasteiger partial charge in [-0.1, -0.05) is 19.3 Å². The van der Waals surface area contributed by atoms with Crippen molar-refractivity contribution < 1.29 is 28.7 Å². The number of piperidine rings is 1. The van der Waals surface area contributed by atoms with Crippen molar-refractivity contribution in [1.82, 2.24) is 24.6 Å². The van der Waals surface area contributed by atoms with Gasteiger partial charge in [0.05, 0.1) is 12.1 Å². The van der Waals surface area contributed by atoms with E-state index < -0.39 is 29.9 Å². The quantitative estimate of drug-likeness (QED) is 0.250. The number of aromatic nitrogens is 1. The maximum absolute atomic E-state index is 13.2. The summed E-state index contributed by atoms with van der Waals surface area (Å²) >= 11 is 0. The van der Waals surface area contributed by atoms with Gasteiger partial charge in [-0.3, -0.25) is 15.0 Å². The number of nitrogens with two attached hydrogens (primary N) is 1. The summed E-state index contributed by atoms with van der Waals surface area (Å²) in [6, 6.07) is -1.82. The first-order valence-corrected chi connectivity index (χ1v) is 14.9. The van der Waals surface area contributed by atoms with Crippen molar-refractivity contribution in [3.05, 3.63) is 17.8 Å². The molecule has 3 aliphatic heterocycles. The highest BCUT2D eigenvalue weighted by Crippen LogP contribution is 2.36. The average Bonchev–Trinajstić information content (AvgIpc) is 3.46. The first kappa shape index (κ1) is 28.9. The third-order valence-corrected chi connectivity index (χ3v) is 9.15. The van der Waals surface area contributed by atoms with Crippen molar-refractivity contribution in [2.45, 2.75) is 76.2 Å². The normalized spacial score (nSPS) is 25.7. The molecule has 13 nitrogen and oxygen atoms in total.